The molecule has 0 unspecified atom stereocenters. The molecule has 1 N–H and O–H groups in total. The largest absolute Gasteiger partial charge is 0.497 e. The molecule has 6 rings (SSSR count). The van der Waals surface area contributed by atoms with Crippen LogP contribution in [0.5, 0.6) is 5.75 Å². The summed E-state index contributed by atoms with van der Waals surface area (Å²) < 4.78 is 6.95. The second-order valence-electron chi connectivity index (χ2n) is 10.5. The highest BCUT2D eigenvalue weighted by atomic mass is 16.5. The highest BCUT2D eigenvalue weighted by Crippen LogP contribution is 2.48. The van der Waals surface area contributed by atoms with Gasteiger partial charge in [0.05, 0.1) is 30.3 Å². The second kappa shape index (κ2) is 9.93. The van der Waals surface area contributed by atoms with E-state index in [1.165, 1.54) is 12.0 Å². The molecule has 1 aromatic heterocycles. The molecule has 2 aliphatic carbocycles. The topological polar surface area (TPSA) is 68.5 Å². The molecular formula is C32H32N4O2. The molecule has 192 valence electrons. The minimum atomic E-state index is -0.177. The molecule has 1 saturated carbocycles. The number of hydrazone groups is 1. The average molecular weight is 505 g/mol. The monoisotopic (exact) mass is 504 g/mol. The van der Waals surface area contributed by atoms with E-state index >= 15 is 0 Å². The van der Waals surface area contributed by atoms with Crippen molar-refractivity contribution in [3.05, 3.63) is 105 Å². The molecule has 0 bridgehead atoms. The van der Waals surface area contributed by atoms with Crippen LogP contribution in [0, 0.1) is 6.92 Å². The van der Waals surface area contributed by atoms with Gasteiger partial charge >= 0.3 is 0 Å². The van der Waals surface area contributed by atoms with Gasteiger partial charge in [0.25, 0.3) is 5.56 Å². The first-order valence-electron chi connectivity index (χ1n) is 13.3. The number of rotatable bonds is 5. The number of nitrogens with zero attached hydrogens (tertiary/aromatic N) is 3. The van der Waals surface area contributed by atoms with Gasteiger partial charge in [-0.2, -0.15) is 5.10 Å². The molecule has 6 nitrogen and oxygen atoms in total. The van der Waals surface area contributed by atoms with Gasteiger partial charge in [-0.05, 0) is 73.7 Å². The smallest absolute Gasteiger partial charge is 0.263 e. The van der Waals surface area contributed by atoms with Crippen LogP contribution >= 0.6 is 0 Å². The molecule has 0 saturated heterocycles. The number of benzene rings is 3. The zero-order valence-electron chi connectivity index (χ0n) is 21.9. The Morgan fingerprint density at radius 1 is 0.974 bits per heavy atom. The Morgan fingerprint density at radius 3 is 2.45 bits per heavy atom. The summed E-state index contributed by atoms with van der Waals surface area (Å²) in [5, 5.41) is 4.48. The molecule has 1 spiro atoms. The minimum Gasteiger partial charge on any atom is -0.497 e. The van der Waals surface area contributed by atoms with E-state index in [0.717, 1.165) is 71.5 Å². The van der Waals surface area contributed by atoms with E-state index < -0.39 is 0 Å². The standard InChI is InChI=1S/C32H32N4O2/c1-22-10-14-25(15-11-22)36-30(37)28-29(34-31(36)35-33-21-23-12-16-26(38-2)17-13-23)27-9-5-4-8-24(27)20-32(28)18-6-3-7-19-32/h4-5,8-17,21H,3,6-7,18-20H2,1-2H3,(H,34,35)/b33-21+. The summed E-state index contributed by atoms with van der Waals surface area (Å²) in [7, 11) is 1.65. The lowest BCUT2D eigenvalue weighted by Gasteiger charge is -2.42. The van der Waals surface area contributed by atoms with Gasteiger partial charge in [-0.3, -0.25) is 4.79 Å². The predicted molar refractivity (Wildman–Crippen MR) is 153 cm³/mol. The summed E-state index contributed by atoms with van der Waals surface area (Å²) in [6.07, 6.45) is 8.14. The number of ether oxygens (including phenoxy) is 1. The normalized spacial score (nSPS) is 15.7. The van der Waals surface area contributed by atoms with E-state index in [2.05, 4.69) is 28.7 Å². The van der Waals surface area contributed by atoms with Crippen LogP contribution in [0.3, 0.4) is 0 Å². The van der Waals surface area contributed by atoms with Gasteiger partial charge in [0.2, 0.25) is 5.95 Å². The lowest BCUT2D eigenvalue weighted by molar-refractivity contribution is 0.284. The van der Waals surface area contributed by atoms with Gasteiger partial charge in [0.1, 0.15) is 5.75 Å². The van der Waals surface area contributed by atoms with Crippen molar-refractivity contribution < 1.29 is 4.74 Å². The minimum absolute atomic E-state index is 0.00240. The predicted octanol–water partition coefficient (Wildman–Crippen LogP) is 6.42. The number of hydrogen-bond acceptors (Lipinski definition) is 5. The van der Waals surface area contributed by atoms with Gasteiger partial charge in [0.15, 0.2) is 0 Å². The van der Waals surface area contributed by atoms with Gasteiger partial charge in [-0.1, -0.05) is 61.2 Å². The van der Waals surface area contributed by atoms with E-state index in [4.69, 9.17) is 9.72 Å². The number of hydrogen-bond donors (Lipinski definition) is 1. The number of nitrogens with one attached hydrogen (secondary N) is 1. The summed E-state index contributed by atoms with van der Waals surface area (Å²) in [4.78, 5) is 19.7. The number of aromatic nitrogens is 2. The maximum absolute atomic E-state index is 14.5. The van der Waals surface area contributed by atoms with E-state index in [-0.39, 0.29) is 11.0 Å². The van der Waals surface area contributed by atoms with Crippen molar-refractivity contribution in [2.75, 3.05) is 12.5 Å². The average Bonchev–Trinajstić information content (AvgIpc) is 2.94. The molecule has 0 aliphatic heterocycles. The van der Waals surface area contributed by atoms with Gasteiger partial charge in [0, 0.05) is 11.0 Å². The van der Waals surface area contributed by atoms with Gasteiger partial charge < -0.3 is 4.74 Å². The summed E-state index contributed by atoms with van der Waals surface area (Å²) in [5.41, 5.74) is 9.73. The van der Waals surface area contributed by atoms with Crippen molar-refractivity contribution in [2.24, 2.45) is 5.10 Å². The molecule has 0 atom stereocenters. The Labute approximate surface area is 223 Å². The summed E-state index contributed by atoms with van der Waals surface area (Å²) in [5.74, 6) is 1.19. The SMILES string of the molecule is COc1ccc(/C=N/Nc2nc3c(c(=O)n2-c2ccc(C)cc2)C2(CCCCC2)Cc2ccccc2-3)cc1. The number of fused-ring (bicyclic) bond motifs is 4. The van der Waals surface area contributed by atoms with E-state index in [9.17, 15) is 4.79 Å². The molecule has 6 heteroatoms. The van der Waals surface area contributed by atoms with Crippen LogP contribution in [-0.4, -0.2) is 22.9 Å². The van der Waals surface area contributed by atoms with Crippen LogP contribution in [0.25, 0.3) is 16.9 Å². The van der Waals surface area contributed by atoms with Crippen molar-refractivity contribution in [2.45, 2.75) is 50.9 Å². The fraction of sp³-hybridized carbons (Fsp3) is 0.281. The van der Waals surface area contributed by atoms with E-state index in [1.807, 2.05) is 61.5 Å². The Bertz CT molecular complexity index is 1550. The fourth-order valence-corrected chi connectivity index (χ4v) is 6.07. The zero-order valence-corrected chi connectivity index (χ0v) is 21.9. The first-order valence-corrected chi connectivity index (χ1v) is 13.3. The quantitative estimate of drug-likeness (QED) is 0.252. The summed E-state index contributed by atoms with van der Waals surface area (Å²) in [6.45, 7) is 2.05. The third kappa shape index (κ3) is 4.30. The molecule has 3 aromatic carbocycles. The number of anilines is 1. The highest BCUT2D eigenvalue weighted by molar-refractivity contribution is 5.80. The summed E-state index contributed by atoms with van der Waals surface area (Å²) in [6, 6.07) is 24.1. The third-order valence-corrected chi connectivity index (χ3v) is 8.01. The Hall–Kier alpha value is -4.19. The Balaban J connectivity index is 1.52. The van der Waals surface area contributed by atoms with Crippen LogP contribution in [0.4, 0.5) is 5.95 Å². The number of methoxy groups -OCH3 is 1. The Kier molecular flexibility index (Phi) is 6.32. The molecule has 1 fully saturated rings. The highest BCUT2D eigenvalue weighted by Gasteiger charge is 2.43. The van der Waals surface area contributed by atoms with Crippen molar-refractivity contribution in [1.82, 2.24) is 9.55 Å². The van der Waals surface area contributed by atoms with Crippen molar-refractivity contribution in [3.8, 4) is 22.7 Å². The maximum Gasteiger partial charge on any atom is 0.263 e. The molecule has 2 aliphatic rings. The van der Waals surface area contributed by atoms with Crippen molar-refractivity contribution in [1.29, 1.82) is 0 Å². The van der Waals surface area contributed by atoms with Crippen LogP contribution in [0.1, 0.15) is 54.4 Å². The second-order valence-corrected chi connectivity index (χ2v) is 10.5. The third-order valence-electron chi connectivity index (χ3n) is 8.01. The molecular weight excluding hydrogens is 472 g/mol. The van der Waals surface area contributed by atoms with Gasteiger partial charge in [-0.25, -0.2) is 15.0 Å². The van der Waals surface area contributed by atoms with Crippen molar-refractivity contribution >= 4 is 12.2 Å². The molecule has 38 heavy (non-hydrogen) atoms. The van der Waals surface area contributed by atoms with Crippen LogP contribution in [0.2, 0.25) is 0 Å². The molecule has 0 radical (unpaired) electrons. The molecule has 0 amide bonds. The fourth-order valence-electron chi connectivity index (χ4n) is 6.07. The lowest BCUT2D eigenvalue weighted by Crippen LogP contribution is -2.42. The zero-order chi connectivity index (χ0) is 26.1. The summed E-state index contributed by atoms with van der Waals surface area (Å²) >= 11 is 0. The molecule has 4 aromatic rings. The van der Waals surface area contributed by atoms with Gasteiger partial charge in [-0.15, -0.1) is 0 Å². The number of aryl methyl sites for hydroxylation is 1. The van der Waals surface area contributed by atoms with Crippen LogP contribution in [0.15, 0.2) is 82.7 Å². The Morgan fingerprint density at radius 2 is 1.71 bits per heavy atom. The first kappa shape index (κ1) is 24.2. The van der Waals surface area contributed by atoms with E-state index in [1.54, 1.807) is 17.9 Å². The first-order chi connectivity index (χ1) is 18.6. The van der Waals surface area contributed by atoms with E-state index in [0.29, 0.717) is 5.95 Å². The maximum atomic E-state index is 14.5. The molecule has 1 heterocycles. The van der Waals surface area contributed by atoms with Crippen LogP contribution in [-0.2, 0) is 11.8 Å². The lowest BCUT2D eigenvalue weighted by atomic mass is 9.62. The van der Waals surface area contributed by atoms with Crippen molar-refractivity contribution in [3.63, 3.8) is 0 Å². The van der Waals surface area contributed by atoms with Crippen LogP contribution < -0.4 is 15.7 Å².